The molecule has 1 saturated heterocycles. The van der Waals surface area contributed by atoms with E-state index in [0.29, 0.717) is 34.7 Å². The minimum atomic E-state index is -0.323. The lowest BCUT2D eigenvalue weighted by molar-refractivity contribution is -0.128. The van der Waals surface area contributed by atoms with E-state index in [2.05, 4.69) is 10.6 Å². The molecule has 118 valence electrons. The third-order valence-electron chi connectivity index (χ3n) is 3.90. The topological polar surface area (TPSA) is 61.4 Å². The molecule has 0 aromatic heterocycles. The molecule has 0 unspecified atom stereocenters. The van der Waals surface area contributed by atoms with Crippen LogP contribution >= 0.6 is 23.2 Å². The zero-order valence-electron chi connectivity index (χ0n) is 11.9. The van der Waals surface area contributed by atoms with E-state index in [4.69, 9.17) is 23.2 Å². The van der Waals surface area contributed by atoms with Gasteiger partial charge in [-0.1, -0.05) is 23.2 Å². The van der Waals surface area contributed by atoms with Gasteiger partial charge in [0.05, 0.1) is 0 Å². The van der Waals surface area contributed by atoms with E-state index >= 15 is 0 Å². The summed E-state index contributed by atoms with van der Waals surface area (Å²) in [6, 6.07) is 4.97. The van der Waals surface area contributed by atoms with Gasteiger partial charge < -0.3 is 15.5 Å². The van der Waals surface area contributed by atoms with E-state index < -0.39 is 0 Å². The average Bonchev–Trinajstić information content (AvgIpc) is 3.19. The highest BCUT2D eigenvalue weighted by molar-refractivity contribution is 6.35. The summed E-state index contributed by atoms with van der Waals surface area (Å²) in [5.74, 6) is 0.387. The van der Waals surface area contributed by atoms with Gasteiger partial charge in [-0.3, -0.25) is 4.79 Å². The van der Waals surface area contributed by atoms with E-state index in [1.54, 1.807) is 18.2 Å². The first kappa shape index (κ1) is 15.4. The molecule has 0 radical (unpaired) electrons. The Labute approximate surface area is 138 Å². The molecular formula is C15H17Cl2N3O2. The van der Waals surface area contributed by atoms with Gasteiger partial charge in [-0.2, -0.15) is 0 Å². The predicted molar refractivity (Wildman–Crippen MR) is 86.3 cm³/mol. The smallest absolute Gasteiger partial charge is 0.319 e. The van der Waals surface area contributed by atoms with Crippen molar-refractivity contribution in [3.63, 3.8) is 0 Å². The van der Waals surface area contributed by atoms with Crippen LogP contribution in [0.3, 0.4) is 0 Å². The standard InChI is InChI=1S/C15H17Cl2N3O2/c16-10-4-11(17)6-12(5-10)19-15(22)18-7-9-3-14(21)20(8-9)13-1-2-13/h4-6,9,13H,1-3,7-8H2,(H2,18,19,22)/t9-/m0/s1. The Morgan fingerprint density at radius 2 is 1.91 bits per heavy atom. The molecule has 22 heavy (non-hydrogen) atoms. The summed E-state index contributed by atoms with van der Waals surface area (Å²) < 4.78 is 0. The molecule has 2 N–H and O–H groups in total. The highest BCUT2D eigenvalue weighted by Crippen LogP contribution is 2.32. The number of nitrogens with zero attached hydrogens (tertiary/aromatic N) is 1. The van der Waals surface area contributed by atoms with Gasteiger partial charge in [0.1, 0.15) is 0 Å². The first-order chi connectivity index (χ1) is 10.5. The fraction of sp³-hybridized carbons (Fsp3) is 0.467. The first-order valence-corrected chi connectivity index (χ1v) is 8.07. The van der Waals surface area contributed by atoms with Crippen LogP contribution in [-0.4, -0.2) is 36.0 Å². The van der Waals surface area contributed by atoms with Gasteiger partial charge >= 0.3 is 6.03 Å². The van der Waals surface area contributed by atoms with Crippen LogP contribution < -0.4 is 10.6 Å². The van der Waals surface area contributed by atoms with Gasteiger partial charge in [0.2, 0.25) is 5.91 Å². The summed E-state index contributed by atoms with van der Waals surface area (Å²) in [6.45, 7) is 1.22. The number of hydrogen-bond donors (Lipinski definition) is 2. The van der Waals surface area contributed by atoms with Crippen molar-refractivity contribution in [2.24, 2.45) is 5.92 Å². The molecule has 3 rings (SSSR count). The van der Waals surface area contributed by atoms with Crippen LogP contribution in [0.15, 0.2) is 18.2 Å². The number of amides is 3. The Hall–Kier alpha value is -1.46. The van der Waals surface area contributed by atoms with Gasteiger partial charge in [0, 0.05) is 47.2 Å². The second kappa shape index (κ2) is 6.34. The van der Waals surface area contributed by atoms with Crippen LogP contribution in [0.2, 0.25) is 10.0 Å². The van der Waals surface area contributed by atoms with Gasteiger partial charge in [0.15, 0.2) is 0 Å². The van der Waals surface area contributed by atoms with Crippen molar-refractivity contribution < 1.29 is 9.59 Å². The van der Waals surface area contributed by atoms with E-state index in [1.165, 1.54) is 0 Å². The maximum Gasteiger partial charge on any atom is 0.319 e. The number of carbonyl (C=O) groups excluding carboxylic acids is 2. The molecule has 1 aliphatic heterocycles. The molecule has 0 spiro atoms. The number of halogens is 2. The summed E-state index contributed by atoms with van der Waals surface area (Å²) in [5, 5.41) is 6.41. The van der Waals surface area contributed by atoms with Crippen molar-refractivity contribution in [3.05, 3.63) is 28.2 Å². The molecule has 1 heterocycles. The fourth-order valence-electron chi connectivity index (χ4n) is 2.72. The quantitative estimate of drug-likeness (QED) is 0.883. The maximum atomic E-state index is 11.9. The largest absolute Gasteiger partial charge is 0.339 e. The lowest BCUT2D eigenvalue weighted by Crippen LogP contribution is -2.34. The van der Waals surface area contributed by atoms with E-state index in [0.717, 1.165) is 19.4 Å². The van der Waals surface area contributed by atoms with E-state index in [9.17, 15) is 9.59 Å². The number of benzene rings is 1. The minimum absolute atomic E-state index is 0.182. The lowest BCUT2D eigenvalue weighted by atomic mass is 10.1. The fourth-order valence-corrected chi connectivity index (χ4v) is 3.25. The summed E-state index contributed by atoms with van der Waals surface area (Å²) in [7, 11) is 0. The third kappa shape index (κ3) is 3.84. The summed E-state index contributed by atoms with van der Waals surface area (Å²) in [4.78, 5) is 25.7. The molecule has 1 aromatic carbocycles. The molecule has 7 heteroatoms. The molecule has 0 bridgehead atoms. The Bertz CT molecular complexity index is 584. The Balaban J connectivity index is 1.47. The molecular weight excluding hydrogens is 325 g/mol. The summed E-state index contributed by atoms with van der Waals surface area (Å²) in [6.07, 6.45) is 2.74. The zero-order valence-corrected chi connectivity index (χ0v) is 13.5. The maximum absolute atomic E-state index is 11.9. The van der Waals surface area contributed by atoms with Gasteiger partial charge in [0.25, 0.3) is 0 Å². The van der Waals surface area contributed by atoms with Crippen LogP contribution in [0.4, 0.5) is 10.5 Å². The number of carbonyl (C=O) groups is 2. The van der Waals surface area contributed by atoms with Crippen LogP contribution in [0.5, 0.6) is 0 Å². The Morgan fingerprint density at radius 1 is 1.23 bits per heavy atom. The third-order valence-corrected chi connectivity index (χ3v) is 4.33. The van der Waals surface area contributed by atoms with Crippen molar-refractivity contribution >= 4 is 40.8 Å². The van der Waals surface area contributed by atoms with Gasteiger partial charge in [-0.15, -0.1) is 0 Å². The van der Waals surface area contributed by atoms with Gasteiger partial charge in [-0.25, -0.2) is 4.79 Å². The zero-order chi connectivity index (χ0) is 15.7. The van der Waals surface area contributed by atoms with Gasteiger partial charge in [-0.05, 0) is 31.0 Å². The van der Waals surface area contributed by atoms with E-state index in [-0.39, 0.29) is 17.9 Å². The Kier molecular flexibility index (Phi) is 4.45. The highest BCUT2D eigenvalue weighted by Gasteiger charge is 2.39. The molecule has 5 nitrogen and oxygen atoms in total. The molecule has 2 aliphatic rings. The highest BCUT2D eigenvalue weighted by atomic mass is 35.5. The monoisotopic (exact) mass is 341 g/mol. The van der Waals surface area contributed by atoms with Crippen LogP contribution in [-0.2, 0) is 4.79 Å². The number of rotatable bonds is 4. The average molecular weight is 342 g/mol. The number of hydrogen-bond acceptors (Lipinski definition) is 2. The normalized spacial score (nSPS) is 21.1. The minimum Gasteiger partial charge on any atom is -0.339 e. The summed E-state index contributed by atoms with van der Waals surface area (Å²) >= 11 is 11.8. The SMILES string of the molecule is O=C(NC[C@@H]1CC(=O)N(C2CC2)C1)Nc1cc(Cl)cc(Cl)c1. The van der Waals surface area contributed by atoms with Crippen molar-refractivity contribution in [2.75, 3.05) is 18.4 Å². The second-order valence-electron chi connectivity index (χ2n) is 5.84. The molecule has 1 aliphatic carbocycles. The number of anilines is 1. The molecule has 3 amide bonds. The second-order valence-corrected chi connectivity index (χ2v) is 6.71. The molecule has 2 fully saturated rings. The van der Waals surface area contributed by atoms with Crippen LogP contribution in [0.25, 0.3) is 0 Å². The Morgan fingerprint density at radius 3 is 2.55 bits per heavy atom. The predicted octanol–water partition coefficient (Wildman–Crippen LogP) is 3.13. The van der Waals surface area contributed by atoms with Crippen molar-refractivity contribution in [2.45, 2.75) is 25.3 Å². The lowest BCUT2D eigenvalue weighted by Gasteiger charge is -2.16. The first-order valence-electron chi connectivity index (χ1n) is 7.31. The van der Waals surface area contributed by atoms with Crippen molar-refractivity contribution in [3.8, 4) is 0 Å². The number of likely N-dealkylation sites (tertiary alicyclic amines) is 1. The van der Waals surface area contributed by atoms with Crippen LogP contribution in [0, 0.1) is 5.92 Å². The van der Waals surface area contributed by atoms with Crippen molar-refractivity contribution in [1.82, 2.24) is 10.2 Å². The van der Waals surface area contributed by atoms with Crippen LogP contribution in [0.1, 0.15) is 19.3 Å². The molecule has 1 saturated carbocycles. The summed E-state index contributed by atoms with van der Waals surface area (Å²) in [5.41, 5.74) is 0.539. The number of nitrogens with one attached hydrogen (secondary N) is 2. The van der Waals surface area contributed by atoms with E-state index in [1.807, 2.05) is 4.90 Å². The number of urea groups is 1. The molecule has 1 aromatic rings. The molecule has 1 atom stereocenters. The van der Waals surface area contributed by atoms with Crippen molar-refractivity contribution in [1.29, 1.82) is 0 Å².